The number of carbonyl (C=O) groups excluding carboxylic acids is 1. The number of rotatable bonds is 2. The molecule has 1 fully saturated rings. The van der Waals surface area contributed by atoms with Gasteiger partial charge in [-0.15, -0.1) is 0 Å². The minimum atomic E-state index is -0.0397. The van der Waals surface area contributed by atoms with Crippen LogP contribution in [0.25, 0.3) is 0 Å². The molecule has 0 aromatic heterocycles. The SMILES string of the molecule is CN1CCCN=C(/C=C(\N)C(=O)N2CCCC2)C1. The standard InChI is InChI=1S/C13H22N4O/c1-16-6-4-5-15-11(10-16)9-12(14)13(18)17-7-2-3-8-17/h9H,2-8,10,14H2,1H3/b12-9-. The van der Waals surface area contributed by atoms with Crippen molar-refractivity contribution >= 4 is 11.6 Å². The lowest BCUT2D eigenvalue weighted by atomic mass is 10.2. The van der Waals surface area contributed by atoms with Gasteiger partial charge in [0, 0.05) is 32.7 Å². The van der Waals surface area contributed by atoms with E-state index in [9.17, 15) is 4.79 Å². The number of hydrogen-bond acceptors (Lipinski definition) is 4. The summed E-state index contributed by atoms with van der Waals surface area (Å²) in [4.78, 5) is 20.6. The van der Waals surface area contributed by atoms with E-state index in [4.69, 9.17) is 5.73 Å². The fourth-order valence-corrected chi connectivity index (χ4v) is 2.40. The lowest BCUT2D eigenvalue weighted by molar-refractivity contribution is -0.126. The first-order valence-corrected chi connectivity index (χ1v) is 6.65. The third kappa shape index (κ3) is 3.32. The van der Waals surface area contributed by atoms with Crippen molar-refractivity contribution in [2.45, 2.75) is 19.3 Å². The molecule has 0 atom stereocenters. The highest BCUT2D eigenvalue weighted by atomic mass is 16.2. The van der Waals surface area contributed by atoms with Crippen LogP contribution in [0.1, 0.15) is 19.3 Å². The molecule has 0 unspecified atom stereocenters. The molecule has 5 nitrogen and oxygen atoms in total. The third-order valence-electron chi connectivity index (χ3n) is 3.41. The molecule has 100 valence electrons. The minimum absolute atomic E-state index is 0.0397. The molecule has 0 saturated carbocycles. The highest BCUT2D eigenvalue weighted by Gasteiger charge is 2.20. The number of carbonyl (C=O) groups is 1. The Morgan fingerprint density at radius 3 is 2.72 bits per heavy atom. The first kappa shape index (κ1) is 13.1. The molecule has 0 bridgehead atoms. The van der Waals surface area contributed by atoms with Gasteiger partial charge in [-0.1, -0.05) is 0 Å². The smallest absolute Gasteiger partial charge is 0.269 e. The topological polar surface area (TPSA) is 61.9 Å². The fraction of sp³-hybridized carbons (Fsp3) is 0.692. The molecule has 2 heterocycles. The zero-order valence-electron chi connectivity index (χ0n) is 11.1. The van der Waals surface area contributed by atoms with Crippen LogP contribution < -0.4 is 5.73 Å². The molecule has 5 heteroatoms. The van der Waals surface area contributed by atoms with E-state index >= 15 is 0 Å². The Kier molecular flexibility index (Phi) is 4.36. The predicted octanol–water partition coefficient (Wildman–Crippen LogP) is 0.228. The largest absolute Gasteiger partial charge is 0.394 e. The van der Waals surface area contributed by atoms with Crippen LogP contribution in [0.3, 0.4) is 0 Å². The number of nitrogens with zero attached hydrogens (tertiary/aromatic N) is 3. The molecular weight excluding hydrogens is 228 g/mol. The van der Waals surface area contributed by atoms with E-state index in [0.29, 0.717) is 5.70 Å². The summed E-state index contributed by atoms with van der Waals surface area (Å²) in [6.45, 7) is 4.30. The maximum absolute atomic E-state index is 12.1. The molecule has 0 aliphatic carbocycles. The highest BCUT2D eigenvalue weighted by molar-refractivity contribution is 6.04. The minimum Gasteiger partial charge on any atom is -0.394 e. The van der Waals surface area contributed by atoms with Gasteiger partial charge in [-0.2, -0.15) is 0 Å². The number of nitrogens with two attached hydrogens (primary N) is 1. The molecule has 2 aliphatic rings. The van der Waals surface area contributed by atoms with Crippen molar-refractivity contribution in [2.75, 3.05) is 39.8 Å². The molecule has 2 aliphatic heterocycles. The van der Waals surface area contributed by atoms with E-state index in [1.54, 1.807) is 6.08 Å². The second-order valence-electron chi connectivity index (χ2n) is 5.06. The van der Waals surface area contributed by atoms with Crippen molar-refractivity contribution < 1.29 is 4.79 Å². The lowest BCUT2D eigenvalue weighted by Crippen LogP contribution is -2.33. The Morgan fingerprint density at radius 1 is 1.28 bits per heavy atom. The Hall–Kier alpha value is -1.36. The second kappa shape index (κ2) is 6.00. The van der Waals surface area contributed by atoms with Gasteiger partial charge in [0.2, 0.25) is 0 Å². The van der Waals surface area contributed by atoms with E-state index in [1.807, 2.05) is 4.90 Å². The summed E-state index contributed by atoms with van der Waals surface area (Å²) in [5.41, 5.74) is 7.14. The third-order valence-corrected chi connectivity index (χ3v) is 3.41. The van der Waals surface area contributed by atoms with E-state index in [2.05, 4.69) is 16.9 Å². The van der Waals surface area contributed by atoms with Gasteiger partial charge >= 0.3 is 0 Å². The average molecular weight is 250 g/mol. The van der Waals surface area contributed by atoms with Crippen molar-refractivity contribution in [3.05, 3.63) is 11.8 Å². The lowest BCUT2D eigenvalue weighted by Gasteiger charge is -2.16. The van der Waals surface area contributed by atoms with Crippen molar-refractivity contribution in [3.63, 3.8) is 0 Å². The monoisotopic (exact) mass is 250 g/mol. The number of hydrogen-bond donors (Lipinski definition) is 1. The Morgan fingerprint density at radius 2 is 2.00 bits per heavy atom. The molecule has 18 heavy (non-hydrogen) atoms. The first-order valence-electron chi connectivity index (χ1n) is 6.65. The van der Waals surface area contributed by atoms with Gasteiger partial charge in [0.1, 0.15) is 0 Å². The Bertz CT molecular complexity index is 369. The number of likely N-dealkylation sites (tertiary alicyclic amines) is 1. The maximum Gasteiger partial charge on any atom is 0.269 e. The summed E-state index contributed by atoms with van der Waals surface area (Å²) in [6.07, 6.45) is 4.99. The van der Waals surface area contributed by atoms with Gasteiger partial charge in [0.25, 0.3) is 5.91 Å². The summed E-state index contributed by atoms with van der Waals surface area (Å²) in [6, 6.07) is 0. The molecule has 0 aromatic carbocycles. The summed E-state index contributed by atoms with van der Waals surface area (Å²) in [5, 5.41) is 0. The molecule has 2 rings (SSSR count). The van der Waals surface area contributed by atoms with Gasteiger partial charge in [-0.05, 0) is 32.4 Å². The van der Waals surface area contributed by atoms with Crippen LogP contribution >= 0.6 is 0 Å². The van der Waals surface area contributed by atoms with Crippen molar-refractivity contribution in [1.82, 2.24) is 9.80 Å². The summed E-state index contributed by atoms with van der Waals surface area (Å²) >= 11 is 0. The zero-order valence-corrected chi connectivity index (χ0v) is 11.1. The molecule has 0 aromatic rings. The van der Waals surface area contributed by atoms with Crippen LogP contribution in [0, 0.1) is 0 Å². The zero-order chi connectivity index (χ0) is 13.0. The molecule has 2 N–H and O–H groups in total. The normalized spacial score (nSPS) is 22.8. The Balaban J connectivity index is 2.01. The Labute approximate surface area is 108 Å². The fourth-order valence-electron chi connectivity index (χ4n) is 2.40. The van der Waals surface area contributed by atoms with Crippen molar-refractivity contribution in [2.24, 2.45) is 10.7 Å². The van der Waals surface area contributed by atoms with Crippen LogP contribution in [0.5, 0.6) is 0 Å². The molecule has 0 radical (unpaired) electrons. The number of amides is 1. The molecule has 1 amide bonds. The van der Waals surface area contributed by atoms with E-state index in [0.717, 1.165) is 57.7 Å². The van der Waals surface area contributed by atoms with Gasteiger partial charge in [-0.25, -0.2) is 0 Å². The predicted molar refractivity (Wildman–Crippen MR) is 72.5 cm³/mol. The van der Waals surface area contributed by atoms with Crippen LogP contribution in [-0.2, 0) is 4.79 Å². The summed E-state index contributed by atoms with van der Waals surface area (Å²) in [5.74, 6) is -0.0397. The van der Waals surface area contributed by atoms with Crippen LogP contribution in [0.2, 0.25) is 0 Å². The van der Waals surface area contributed by atoms with Gasteiger partial charge in [0.15, 0.2) is 0 Å². The van der Waals surface area contributed by atoms with Crippen LogP contribution in [0.15, 0.2) is 16.8 Å². The van der Waals surface area contributed by atoms with E-state index in [1.165, 1.54) is 0 Å². The van der Waals surface area contributed by atoms with Crippen LogP contribution in [0.4, 0.5) is 0 Å². The number of aliphatic imine (C=N–C) groups is 1. The van der Waals surface area contributed by atoms with Crippen molar-refractivity contribution in [3.8, 4) is 0 Å². The van der Waals surface area contributed by atoms with Crippen molar-refractivity contribution in [1.29, 1.82) is 0 Å². The molecular formula is C13H22N4O. The average Bonchev–Trinajstić information content (AvgIpc) is 2.79. The van der Waals surface area contributed by atoms with E-state index in [-0.39, 0.29) is 5.91 Å². The maximum atomic E-state index is 12.1. The van der Waals surface area contributed by atoms with Gasteiger partial charge < -0.3 is 15.5 Å². The molecule has 1 saturated heterocycles. The highest BCUT2D eigenvalue weighted by Crippen LogP contribution is 2.10. The molecule has 0 spiro atoms. The quantitative estimate of drug-likeness (QED) is 0.714. The summed E-state index contributed by atoms with van der Waals surface area (Å²) < 4.78 is 0. The first-order chi connectivity index (χ1) is 8.66. The van der Waals surface area contributed by atoms with Gasteiger partial charge in [-0.3, -0.25) is 9.79 Å². The summed E-state index contributed by atoms with van der Waals surface area (Å²) in [7, 11) is 2.06. The van der Waals surface area contributed by atoms with Crippen LogP contribution in [-0.4, -0.2) is 61.2 Å². The second-order valence-corrected chi connectivity index (χ2v) is 5.06. The van der Waals surface area contributed by atoms with E-state index < -0.39 is 0 Å². The van der Waals surface area contributed by atoms with Gasteiger partial charge in [0.05, 0.1) is 11.4 Å².